The Morgan fingerprint density at radius 1 is 1.33 bits per heavy atom. The number of likely N-dealkylation sites (tertiary alicyclic amines) is 1. The maximum atomic E-state index is 13.8. The topological polar surface area (TPSA) is 20.3 Å². The number of carbonyl (C=O) groups excluding carboxylic acids is 1. The van der Waals surface area contributed by atoms with Gasteiger partial charge < -0.3 is 4.90 Å². The Labute approximate surface area is 131 Å². The summed E-state index contributed by atoms with van der Waals surface area (Å²) in [7, 11) is 0. The molecule has 1 amide bonds. The van der Waals surface area contributed by atoms with E-state index in [0.717, 1.165) is 31.6 Å². The Morgan fingerprint density at radius 2 is 2.05 bits per heavy atom. The van der Waals surface area contributed by atoms with E-state index < -0.39 is 5.82 Å². The smallest absolute Gasteiger partial charge is 0.257 e. The van der Waals surface area contributed by atoms with Crippen molar-refractivity contribution in [2.24, 2.45) is 0 Å². The standard InChI is InChI=1S/C17H24FNOS/c1-17(2,3)21-12-13-8-6-7-11-19(13)16(20)14-9-4-5-10-15(14)18/h4-5,9-10,13H,6-8,11-12H2,1-3H3/t13-/m1/s1. The van der Waals surface area contributed by atoms with E-state index in [4.69, 9.17) is 0 Å². The molecule has 1 aromatic carbocycles. The second kappa shape index (κ2) is 6.82. The Bertz CT molecular complexity index is 498. The average Bonchev–Trinajstić information content (AvgIpc) is 2.44. The van der Waals surface area contributed by atoms with Crippen LogP contribution in [0.1, 0.15) is 50.4 Å². The average molecular weight is 309 g/mol. The van der Waals surface area contributed by atoms with Crippen LogP contribution in [0.2, 0.25) is 0 Å². The fourth-order valence-electron chi connectivity index (χ4n) is 2.58. The summed E-state index contributed by atoms with van der Waals surface area (Å²) in [4.78, 5) is 14.5. The number of benzene rings is 1. The molecule has 1 aliphatic heterocycles. The van der Waals surface area contributed by atoms with E-state index >= 15 is 0 Å². The van der Waals surface area contributed by atoms with Gasteiger partial charge in [-0.2, -0.15) is 11.8 Å². The number of hydrogen-bond donors (Lipinski definition) is 0. The molecule has 1 fully saturated rings. The molecule has 1 aromatic rings. The van der Waals surface area contributed by atoms with Crippen molar-refractivity contribution in [3.63, 3.8) is 0 Å². The molecule has 0 saturated carbocycles. The van der Waals surface area contributed by atoms with Crippen molar-refractivity contribution in [1.29, 1.82) is 0 Å². The van der Waals surface area contributed by atoms with Crippen LogP contribution in [0.4, 0.5) is 4.39 Å². The van der Waals surface area contributed by atoms with Gasteiger partial charge in [0.25, 0.3) is 5.91 Å². The minimum atomic E-state index is -0.421. The number of halogens is 1. The first-order valence-electron chi connectivity index (χ1n) is 7.58. The van der Waals surface area contributed by atoms with E-state index in [9.17, 15) is 9.18 Å². The highest BCUT2D eigenvalue weighted by atomic mass is 32.2. The molecule has 1 heterocycles. The van der Waals surface area contributed by atoms with Crippen molar-refractivity contribution >= 4 is 17.7 Å². The molecular weight excluding hydrogens is 285 g/mol. The van der Waals surface area contributed by atoms with Crippen LogP contribution in [0.3, 0.4) is 0 Å². The molecule has 21 heavy (non-hydrogen) atoms. The lowest BCUT2D eigenvalue weighted by Gasteiger charge is -2.37. The summed E-state index contributed by atoms with van der Waals surface area (Å²) in [5, 5.41) is 0. The summed E-state index contributed by atoms with van der Waals surface area (Å²) in [6, 6.07) is 6.50. The van der Waals surface area contributed by atoms with E-state index in [1.54, 1.807) is 18.2 Å². The largest absolute Gasteiger partial charge is 0.335 e. The van der Waals surface area contributed by atoms with Gasteiger partial charge >= 0.3 is 0 Å². The van der Waals surface area contributed by atoms with Crippen LogP contribution in [-0.4, -0.2) is 33.9 Å². The molecule has 1 saturated heterocycles. The molecule has 116 valence electrons. The molecule has 0 bridgehead atoms. The number of nitrogens with zero attached hydrogens (tertiary/aromatic N) is 1. The zero-order valence-corrected chi connectivity index (χ0v) is 13.9. The molecule has 0 aliphatic carbocycles. The quantitative estimate of drug-likeness (QED) is 0.827. The van der Waals surface area contributed by atoms with Crippen LogP contribution in [0.25, 0.3) is 0 Å². The molecular formula is C17H24FNOS. The molecule has 0 aromatic heterocycles. The number of carbonyl (C=O) groups is 1. The van der Waals surface area contributed by atoms with Gasteiger partial charge in [0.05, 0.1) is 5.56 Å². The highest BCUT2D eigenvalue weighted by Gasteiger charge is 2.29. The van der Waals surface area contributed by atoms with Crippen LogP contribution in [0, 0.1) is 5.82 Å². The normalized spacial score (nSPS) is 19.6. The Hall–Kier alpha value is -1.03. The summed E-state index contributed by atoms with van der Waals surface area (Å²) < 4.78 is 14.0. The SMILES string of the molecule is CC(C)(C)SC[C@H]1CCCCN1C(=O)c1ccccc1F. The van der Waals surface area contributed by atoms with E-state index in [0.29, 0.717) is 0 Å². The van der Waals surface area contributed by atoms with Crippen LogP contribution in [0.15, 0.2) is 24.3 Å². The van der Waals surface area contributed by atoms with E-state index in [-0.39, 0.29) is 22.3 Å². The molecule has 1 atom stereocenters. The fourth-order valence-corrected chi connectivity index (χ4v) is 3.62. The van der Waals surface area contributed by atoms with Gasteiger partial charge in [0.1, 0.15) is 5.82 Å². The molecule has 0 N–H and O–H groups in total. The van der Waals surface area contributed by atoms with Crippen LogP contribution >= 0.6 is 11.8 Å². The van der Waals surface area contributed by atoms with E-state index in [1.807, 2.05) is 16.7 Å². The van der Waals surface area contributed by atoms with Gasteiger partial charge in [-0.1, -0.05) is 32.9 Å². The first kappa shape index (κ1) is 16.3. The van der Waals surface area contributed by atoms with Crippen molar-refractivity contribution in [2.75, 3.05) is 12.3 Å². The molecule has 2 nitrogen and oxygen atoms in total. The van der Waals surface area contributed by atoms with Gasteiger partial charge in [0.2, 0.25) is 0 Å². The lowest BCUT2D eigenvalue weighted by molar-refractivity contribution is 0.0635. The molecule has 2 rings (SSSR count). The third kappa shape index (κ3) is 4.47. The van der Waals surface area contributed by atoms with Crippen molar-refractivity contribution in [2.45, 2.75) is 50.8 Å². The van der Waals surface area contributed by atoms with Gasteiger partial charge in [0, 0.05) is 23.1 Å². The van der Waals surface area contributed by atoms with Gasteiger partial charge in [-0.15, -0.1) is 0 Å². The van der Waals surface area contributed by atoms with E-state index in [2.05, 4.69) is 20.8 Å². The van der Waals surface area contributed by atoms with Crippen LogP contribution in [-0.2, 0) is 0 Å². The monoisotopic (exact) mass is 309 g/mol. The van der Waals surface area contributed by atoms with Crippen molar-refractivity contribution < 1.29 is 9.18 Å². The van der Waals surface area contributed by atoms with Crippen LogP contribution < -0.4 is 0 Å². The molecule has 0 unspecified atom stereocenters. The molecule has 4 heteroatoms. The predicted octanol–water partition coefficient (Wildman–Crippen LogP) is 4.35. The van der Waals surface area contributed by atoms with Crippen molar-refractivity contribution in [3.05, 3.63) is 35.6 Å². The third-order valence-corrected chi connectivity index (χ3v) is 5.12. The number of rotatable bonds is 3. The van der Waals surface area contributed by atoms with Gasteiger partial charge in [-0.25, -0.2) is 4.39 Å². The summed E-state index contributed by atoms with van der Waals surface area (Å²) in [5.41, 5.74) is 0.199. The van der Waals surface area contributed by atoms with Gasteiger partial charge in [-0.3, -0.25) is 4.79 Å². The third-order valence-electron chi connectivity index (χ3n) is 3.70. The van der Waals surface area contributed by atoms with Gasteiger partial charge in [-0.05, 0) is 31.4 Å². The number of piperidine rings is 1. The van der Waals surface area contributed by atoms with E-state index in [1.165, 1.54) is 6.07 Å². The minimum Gasteiger partial charge on any atom is -0.335 e. The first-order valence-corrected chi connectivity index (χ1v) is 8.56. The van der Waals surface area contributed by atoms with Crippen molar-refractivity contribution in [1.82, 2.24) is 4.90 Å². The minimum absolute atomic E-state index is 0.160. The Balaban J connectivity index is 2.11. The Morgan fingerprint density at radius 3 is 2.71 bits per heavy atom. The predicted molar refractivity (Wildman–Crippen MR) is 87.3 cm³/mol. The summed E-state index contributed by atoms with van der Waals surface area (Å²) in [5.74, 6) is 0.339. The van der Waals surface area contributed by atoms with Gasteiger partial charge in [0.15, 0.2) is 0 Å². The van der Waals surface area contributed by atoms with Crippen molar-refractivity contribution in [3.8, 4) is 0 Å². The lowest BCUT2D eigenvalue weighted by Crippen LogP contribution is -2.45. The Kier molecular flexibility index (Phi) is 5.31. The zero-order chi connectivity index (χ0) is 15.5. The molecule has 0 spiro atoms. The second-order valence-corrected chi connectivity index (χ2v) is 8.40. The molecule has 0 radical (unpaired) electrons. The number of hydrogen-bond acceptors (Lipinski definition) is 2. The number of amides is 1. The number of thioether (sulfide) groups is 1. The summed E-state index contributed by atoms with van der Waals surface area (Å²) >= 11 is 1.87. The zero-order valence-electron chi connectivity index (χ0n) is 13.1. The second-order valence-electron chi connectivity index (χ2n) is 6.55. The fraction of sp³-hybridized carbons (Fsp3) is 0.588. The lowest BCUT2D eigenvalue weighted by atomic mass is 10.0. The highest BCUT2D eigenvalue weighted by Crippen LogP contribution is 2.29. The maximum Gasteiger partial charge on any atom is 0.257 e. The molecule has 1 aliphatic rings. The maximum absolute atomic E-state index is 13.8. The summed E-state index contributed by atoms with van der Waals surface area (Å²) in [6.45, 7) is 7.29. The van der Waals surface area contributed by atoms with Crippen LogP contribution in [0.5, 0.6) is 0 Å². The first-order chi connectivity index (χ1) is 9.88. The summed E-state index contributed by atoms with van der Waals surface area (Å²) in [6.07, 6.45) is 3.18. The highest BCUT2D eigenvalue weighted by molar-refractivity contribution is 8.00.